The molecule has 0 unspecified atom stereocenters. The lowest BCUT2D eigenvalue weighted by Crippen LogP contribution is -2.57. The van der Waals surface area contributed by atoms with E-state index in [9.17, 15) is 19.5 Å². The Labute approximate surface area is 366 Å². The van der Waals surface area contributed by atoms with Crippen LogP contribution in [0.2, 0.25) is 0 Å². The van der Waals surface area contributed by atoms with Crippen molar-refractivity contribution in [3.8, 4) is 15.4 Å². The molecule has 14 heteroatoms. The number of amides is 3. The number of rotatable bonds is 13. The summed E-state index contributed by atoms with van der Waals surface area (Å²) in [4.78, 5) is 54.5. The monoisotopic (exact) mass is 862 g/mol. The molecule has 0 bridgehead atoms. The highest BCUT2D eigenvalue weighted by atomic mass is 32.1. The number of thiophene rings is 1. The van der Waals surface area contributed by atoms with Gasteiger partial charge in [0, 0.05) is 35.4 Å². The molecule has 1 saturated heterocycles. The Morgan fingerprint density at radius 2 is 1.64 bits per heavy atom. The largest absolute Gasteiger partial charge is 0.391 e. The number of hydrogen-bond donors (Lipinski definition) is 3. The number of carbonyl (C=O) groups excluding carboxylic acids is 3. The molecule has 7 rings (SSSR count). The quantitative estimate of drug-likeness (QED) is 0.101. The Hall–Kier alpha value is -5.05. The minimum absolute atomic E-state index is 0.0303. The molecule has 322 valence electrons. The second-order valence-corrected chi connectivity index (χ2v) is 19.8. The molecule has 61 heavy (non-hydrogen) atoms. The molecule has 0 radical (unpaired) electrons. The van der Waals surface area contributed by atoms with Crippen LogP contribution in [0.25, 0.3) is 15.4 Å². The van der Waals surface area contributed by atoms with Gasteiger partial charge in [0.2, 0.25) is 17.7 Å². The Morgan fingerprint density at radius 1 is 0.934 bits per heavy atom. The van der Waals surface area contributed by atoms with E-state index >= 15 is 0 Å². The molecule has 12 nitrogen and oxygen atoms in total. The van der Waals surface area contributed by atoms with Crippen molar-refractivity contribution in [1.29, 1.82) is 0 Å². The van der Waals surface area contributed by atoms with Crippen LogP contribution in [0, 0.1) is 33.1 Å². The number of fused-ring (bicyclic) bond motifs is 3. The summed E-state index contributed by atoms with van der Waals surface area (Å²) in [5, 5.41) is 26.7. The number of carbonyl (C=O) groups is 3. The molecule has 3 aromatic heterocycles. The van der Waals surface area contributed by atoms with E-state index in [2.05, 4.69) is 75.4 Å². The van der Waals surface area contributed by atoms with Crippen LogP contribution in [0.5, 0.6) is 0 Å². The first-order valence-electron chi connectivity index (χ1n) is 21.3. The fourth-order valence-corrected chi connectivity index (χ4v) is 10.4. The van der Waals surface area contributed by atoms with Crippen LogP contribution in [0.3, 0.4) is 0 Å². The van der Waals surface area contributed by atoms with Crippen LogP contribution >= 0.6 is 22.7 Å². The van der Waals surface area contributed by atoms with E-state index in [0.717, 1.165) is 74.4 Å². The molecule has 2 aliphatic heterocycles. The average Bonchev–Trinajstić information content (AvgIpc) is 3.99. The second kappa shape index (κ2) is 18.1. The van der Waals surface area contributed by atoms with Gasteiger partial charge in [0.15, 0.2) is 5.82 Å². The van der Waals surface area contributed by atoms with Crippen molar-refractivity contribution < 1.29 is 19.5 Å². The van der Waals surface area contributed by atoms with E-state index in [0.29, 0.717) is 6.42 Å². The number of likely N-dealkylation sites (tertiary alicyclic amines) is 1. The number of aromatic nitrogens is 4. The molecular formula is C47H58N8O4S2. The summed E-state index contributed by atoms with van der Waals surface area (Å²) in [5.74, 6) is 0.826. The number of benzene rings is 2. The van der Waals surface area contributed by atoms with E-state index in [4.69, 9.17) is 4.99 Å². The van der Waals surface area contributed by atoms with E-state index in [1.807, 2.05) is 71.3 Å². The normalized spacial score (nSPS) is 18.5. The SMILES string of the molecule is Cc1ncsc1-c1ccc([C@H](C)NC(=O)[C@@H]2C[C@@H](O)CN2C(=O)[C@@H](NC(=O)CCCCCc2ccc(C3=N[C@@H](C)c4nnc(C)n4-c4sc(C)c(C)c43)cc2)C(C)(C)C)cc1. The number of nitrogens with zero attached hydrogens (tertiary/aromatic N) is 6. The number of unbranched alkanes of at least 4 members (excludes halogenated alkanes) is 2. The van der Waals surface area contributed by atoms with Gasteiger partial charge in [0.1, 0.15) is 29.0 Å². The molecule has 0 saturated carbocycles. The van der Waals surface area contributed by atoms with Crippen molar-refractivity contribution in [2.45, 2.75) is 131 Å². The first-order chi connectivity index (χ1) is 29.0. The topological polar surface area (TPSA) is 155 Å². The van der Waals surface area contributed by atoms with Gasteiger partial charge in [-0.2, -0.15) is 0 Å². The maximum atomic E-state index is 14.1. The lowest BCUT2D eigenvalue weighted by molar-refractivity contribution is -0.144. The maximum Gasteiger partial charge on any atom is 0.246 e. The van der Waals surface area contributed by atoms with Gasteiger partial charge in [0.05, 0.1) is 33.9 Å². The Morgan fingerprint density at radius 3 is 2.31 bits per heavy atom. The average molecular weight is 863 g/mol. The summed E-state index contributed by atoms with van der Waals surface area (Å²) in [6.07, 6.45) is 2.92. The fraction of sp³-hybridized carbons (Fsp3) is 0.468. The highest BCUT2D eigenvalue weighted by Gasteiger charge is 2.44. The summed E-state index contributed by atoms with van der Waals surface area (Å²) in [6, 6.07) is 14.5. The molecule has 0 spiro atoms. The van der Waals surface area contributed by atoms with E-state index < -0.39 is 23.6 Å². The highest BCUT2D eigenvalue weighted by Crippen LogP contribution is 2.39. The van der Waals surface area contributed by atoms with Gasteiger partial charge in [0.25, 0.3) is 0 Å². The Balaban J connectivity index is 0.909. The summed E-state index contributed by atoms with van der Waals surface area (Å²) in [7, 11) is 0. The van der Waals surface area contributed by atoms with Crippen LogP contribution in [-0.4, -0.2) is 77.9 Å². The van der Waals surface area contributed by atoms with Crippen molar-refractivity contribution in [2.24, 2.45) is 10.4 Å². The smallest absolute Gasteiger partial charge is 0.246 e. The van der Waals surface area contributed by atoms with Crippen LogP contribution in [0.1, 0.15) is 129 Å². The predicted octanol–water partition coefficient (Wildman–Crippen LogP) is 8.07. The molecule has 3 amide bonds. The van der Waals surface area contributed by atoms with Crippen LogP contribution in [0.4, 0.5) is 0 Å². The third-order valence-corrected chi connectivity index (χ3v) is 14.2. The second-order valence-electron chi connectivity index (χ2n) is 17.7. The van der Waals surface area contributed by atoms with Crippen molar-refractivity contribution in [2.75, 3.05) is 6.54 Å². The standard InChI is InChI=1S/C47H58N8O4S2/c1-26-30(5)61-46-39(26)40(49-29(4)43-53-52-31(6)55(43)46)34-17-15-32(16-18-34)13-11-10-12-14-38(57)51-42(47(7,8)9)45(59)54-24-36(56)23-37(54)44(58)50-27(2)33-19-21-35(22-20-33)41-28(3)48-25-60-41/h15-22,25,27,29,36-37,42,56H,10-14,23-24H2,1-9H3,(H,50,58)(H,51,57)/t27-,29-,36+,37-,42+/m0/s1. The van der Waals surface area contributed by atoms with Gasteiger partial charge in [-0.1, -0.05) is 75.7 Å². The Bertz CT molecular complexity index is 2420. The lowest BCUT2D eigenvalue weighted by atomic mass is 9.85. The van der Waals surface area contributed by atoms with Gasteiger partial charge >= 0.3 is 0 Å². The zero-order valence-electron chi connectivity index (χ0n) is 36.7. The van der Waals surface area contributed by atoms with Gasteiger partial charge in [-0.05, 0) is 88.5 Å². The minimum atomic E-state index is -0.861. The number of hydrogen-bond acceptors (Lipinski definition) is 10. The summed E-state index contributed by atoms with van der Waals surface area (Å²) in [6.45, 7) is 18.0. The van der Waals surface area contributed by atoms with E-state index in [1.54, 1.807) is 22.7 Å². The van der Waals surface area contributed by atoms with Crippen LogP contribution in [0.15, 0.2) is 59.0 Å². The van der Waals surface area contributed by atoms with Gasteiger partial charge in [-0.25, -0.2) is 4.98 Å². The van der Waals surface area contributed by atoms with Gasteiger partial charge < -0.3 is 20.6 Å². The molecule has 5 aromatic rings. The van der Waals surface area contributed by atoms with E-state index in [1.165, 1.54) is 20.9 Å². The van der Waals surface area contributed by atoms with Crippen LogP contribution < -0.4 is 10.6 Å². The molecule has 3 N–H and O–H groups in total. The summed E-state index contributed by atoms with van der Waals surface area (Å²) in [5.41, 5.74) is 9.82. The third kappa shape index (κ3) is 9.41. The fourth-order valence-electron chi connectivity index (χ4n) is 8.35. The number of aryl methyl sites for hydroxylation is 4. The molecule has 5 heterocycles. The van der Waals surface area contributed by atoms with Crippen molar-refractivity contribution in [1.82, 2.24) is 35.3 Å². The molecular weight excluding hydrogens is 805 g/mol. The summed E-state index contributed by atoms with van der Waals surface area (Å²) >= 11 is 3.35. The first-order valence-corrected chi connectivity index (χ1v) is 23.0. The van der Waals surface area contributed by atoms with Gasteiger partial charge in [-0.15, -0.1) is 32.9 Å². The first kappa shape index (κ1) is 44.0. The zero-order valence-corrected chi connectivity index (χ0v) is 38.3. The van der Waals surface area contributed by atoms with Gasteiger partial charge in [-0.3, -0.25) is 23.9 Å². The number of nitrogens with one attached hydrogen (secondary N) is 2. The predicted molar refractivity (Wildman–Crippen MR) is 242 cm³/mol. The van der Waals surface area contributed by atoms with Crippen molar-refractivity contribution >= 4 is 46.1 Å². The van der Waals surface area contributed by atoms with Crippen molar-refractivity contribution in [3.05, 3.63) is 104 Å². The highest BCUT2D eigenvalue weighted by molar-refractivity contribution is 7.15. The minimum Gasteiger partial charge on any atom is -0.391 e. The molecule has 0 aliphatic carbocycles. The number of β-amino-alcohol motifs (C(OH)–C–C–N with tert-alkyl or cyclic N) is 1. The number of thiazole rings is 1. The number of aliphatic imine (C=N–C) groups is 1. The molecule has 2 aromatic carbocycles. The molecule has 2 aliphatic rings. The zero-order chi connectivity index (χ0) is 43.7. The summed E-state index contributed by atoms with van der Waals surface area (Å²) < 4.78 is 2.15. The molecule has 1 fully saturated rings. The Kier molecular flexibility index (Phi) is 13.1. The van der Waals surface area contributed by atoms with Crippen molar-refractivity contribution in [3.63, 3.8) is 0 Å². The number of aliphatic hydroxyl groups excluding tert-OH is 1. The molecule has 5 atom stereocenters. The van der Waals surface area contributed by atoms with E-state index in [-0.39, 0.29) is 49.2 Å². The maximum absolute atomic E-state index is 14.1. The third-order valence-electron chi connectivity index (χ3n) is 12.0. The van der Waals surface area contributed by atoms with Crippen LogP contribution in [-0.2, 0) is 20.8 Å². The lowest BCUT2D eigenvalue weighted by Gasteiger charge is -2.35. The number of aliphatic hydroxyl groups is 1.